The molecule has 2 aromatic carbocycles. The average molecular weight is 270 g/mol. The molecule has 0 saturated heterocycles. The normalized spacial score (nSPS) is 16.5. The summed E-state index contributed by atoms with van der Waals surface area (Å²) in [4.78, 5) is 13.4. The number of thioether (sulfide) groups is 1. The van der Waals surface area contributed by atoms with Gasteiger partial charge in [0, 0.05) is 21.8 Å². The fraction of sp³-hybridized carbons (Fsp3) is 0.0625. The summed E-state index contributed by atoms with van der Waals surface area (Å²) in [5.41, 5.74) is 2.37. The molecule has 1 heterocycles. The number of benzene rings is 2. The summed E-state index contributed by atoms with van der Waals surface area (Å²) in [6.45, 7) is 0. The molecule has 0 unspecified atom stereocenters. The van der Waals surface area contributed by atoms with E-state index in [1.54, 1.807) is 23.9 Å². The Morgan fingerprint density at radius 2 is 1.79 bits per heavy atom. The predicted octanol–water partition coefficient (Wildman–Crippen LogP) is 4.20. The minimum atomic E-state index is -0.267. The number of rotatable bonds is 1. The van der Waals surface area contributed by atoms with Gasteiger partial charge >= 0.3 is 0 Å². The zero-order valence-corrected chi connectivity index (χ0v) is 10.9. The molecular weight excluding hydrogens is 259 g/mol. The smallest absolute Gasteiger partial charge is 0.191 e. The van der Waals surface area contributed by atoms with Crippen LogP contribution in [-0.4, -0.2) is 11.5 Å². The van der Waals surface area contributed by atoms with Gasteiger partial charge in [0.1, 0.15) is 5.82 Å². The molecule has 0 amide bonds. The van der Waals surface area contributed by atoms with Crippen molar-refractivity contribution in [1.29, 1.82) is 0 Å². The third kappa shape index (κ3) is 2.47. The van der Waals surface area contributed by atoms with Crippen LogP contribution in [0.1, 0.15) is 15.9 Å². The van der Waals surface area contributed by atoms with E-state index in [1.165, 1.54) is 12.1 Å². The molecule has 94 valence electrons. The molecule has 0 fully saturated rings. The molecule has 3 rings (SSSR count). The van der Waals surface area contributed by atoms with Crippen molar-refractivity contribution < 1.29 is 9.18 Å². The Bertz CT molecular complexity index is 659. The lowest BCUT2D eigenvalue weighted by Crippen LogP contribution is -2.11. The van der Waals surface area contributed by atoms with Crippen LogP contribution in [0.4, 0.5) is 4.39 Å². The Kier molecular flexibility index (Phi) is 3.22. The highest BCUT2D eigenvalue weighted by Crippen LogP contribution is 2.33. The molecule has 0 aliphatic carbocycles. The highest BCUT2D eigenvalue weighted by atomic mass is 32.2. The number of Topliss-reactive ketones (excluding diaryl/α,β-unsaturated/α-hetero) is 1. The van der Waals surface area contributed by atoms with Crippen LogP contribution in [0.25, 0.3) is 6.08 Å². The molecule has 1 aliphatic rings. The summed E-state index contributed by atoms with van der Waals surface area (Å²) < 4.78 is 12.8. The van der Waals surface area contributed by atoms with Crippen LogP contribution in [0.5, 0.6) is 0 Å². The Morgan fingerprint density at radius 1 is 1.05 bits per heavy atom. The first-order valence-corrected chi connectivity index (χ1v) is 6.95. The van der Waals surface area contributed by atoms with Gasteiger partial charge in [0.15, 0.2) is 5.78 Å². The third-order valence-electron chi connectivity index (χ3n) is 3.02. The average Bonchev–Trinajstić information content (AvgIpc) is 2.45. The van der Waals surface area contributed by atoms with Crippen molar-refractivity contribution >= 4 is 23.6 Å². The Hall–Kier alpha value is -1.87. The molecule has 0 aromatic heterocycles. The van der Waals surface area contributed by atoms with Gasteiger partial charge in [-0.05, 0) is 35.9 Å². The zero-order valence-electron chi connectivity index (χ0n) is 10.1. The van der Waals surface area contributed by atoms with E-state index in [4.69, 9.17) is 0 Å². The highest BCUT2D eigenvalue weighted by molar-refractivity contribution is 7.99. The molecule has 0 atom stereocenters. The molecule has 1 nitrogen and oxygen atoms in total. The molecule has 0 spiro atoms. The van der Waals surface area contributed by atoms with E-state index in [2.05, 4.69) is 0 Å². The van der Waals surface area contributed by atoms with Crippen molar-refractivity contribution in [3.63, 3.8) is 0 Å². The van der Waals surface area contributed by atoms with E-state index in [9.17, 15) is 9.18 Å². The van der Waals surface area contributed by atoms with Gasteiger partial charge in [-0.15, -0.1) is 11.8 Å². The van der Waals surface area contributed by atoms with Crippen molar-refractivity contribution in [1.82, 2.24) is 0 Å². The summed E-state index contributed by atoms with van der Waals surface area (Å²) in [6, 6.07) is 13.8. The maximum Gasteiger partial charge on any atom is 0.191 e. The summed E-state index contributed by atoms with van der Waals surface area (Å²) in [5.74, 6) is 0.461. The van der Waals surface area contributed by atoms with Crippen molar-refractivity contribution in [3.8, 4) is 0 Å². The number of hydrogen-bond acceptors (Lipinski definition) is 2. The predicted molar refractivity (Wildman–Crippen MR) is 75.9 cm³/mol. The molecule has 3 heteroatoms. The Balaban J connectivity index is 1.96. The second kappa shape index (κ2) is 5.02. The summed E-state index contributed by atoms with van der Waals surface area (Å²) in [5, 5.41) is 0. The second-order valence-corrected chi connectivity index (χ2v) is 5.35. The molecular formula is C16H11FOS. The molecule has 0 saturated carbocycles. The van der Waals surface area contributed by atoms with E-state index in [0.717, 1.165) is 21.6 Å². The van der Waals surface area contributed by atoms with Crippen LogP contribution in [-0.2, 0) is 0 Å². The van der Waals surface area contributed by atoms with Crippen LogP contribution in [0.2, 0.25) is 0 Å². The lowest BCUT2D eigenvalue weighted by molar-refractivity contribution is 0.103. The Labute approximate surface area is 115 Å². The first-order valence-electron chi connectivity index (χ1n) is 5.97. The molecule has 19 heavy (non-hydrogen) atoms. The minimum Gasteiger partial charge on any atom is -0.289 e. The Morgan fingerprint density at radius 3 is 2.58 bits per heavy atom. The molecule has 0 radical (unpaired) electrons. The maximum absolute atomic E-state index is 12.8. The largest absolute Gasteiger partial charge is 0.289 e. The maximum atomic E-state index is 12.8. The van der Waals surface area contributed by atoms with Crippen LogP contribution >= 0.6 is 11.8 Å². The third-order valence-corrected chi connectivity index (χ3v) is 4.14. The van der Waals surface area contributed by atoms with Gasteiger partial charge in [-0.3, -0.25) is 4.79 Å². The lowest BCUT2D eigenvalue weighted by atomic mass is 10.0. The monoisotopic (exact) mass is 270 g/mol. The zero-order chi connectivity index (χ0) is 13.2. The summed E-state index contributed by atoms with van der Waals surface area (Å²) in [7, 11) is 0. The number of carbonyl (C=O) groups is 1. The molecule has 2 aromatic rings. The van der Waals surface area contributed by atoms with E-state index in [-0.39, 0.29) is 11.6 Å². The first kappa shape index (κ1) is 12.2. The molecule has 0 bridgehead atoms. The van der Waals surface area contributed by atoms with Gasteiger partial charge in [0.05, 0.1) is 0 Å². The standard InChI is InChI=1S/C16H11FOS/c17-13-7-5-11(6-8-13)9-12-10-19-15-4-2-1-3-14(15)16(12)18/h1-9H,10H2. The summed E-state index contributed by atoms with van der Waals surface area (Å²) >= 11 is 1.66. The molecule has 1 aliphatic heterocycles. The van der Waals surface area contributed by atoms with Gasteiger partial charge in [0.25, 0.3) is 0 Å². The van der Waals surface area contributed by atoms with E-state index in [1.807, 2.05) is 30.3 Å². The number of fused-ring (bicyclic) bond motifs is 1. The van der Waals surface area contributed by atoms with Crippen molar-refractivity contribution in [2.75, 3.05) is 5.75 Å². The van der Waals surface area contributed by atoms with Crippen LogP contribution in [0, 0.1) is 5.82 Å². The highest BCUT2D eigenvalue weighted by Gasteiger charge is 2.21. The fourth-order valence-electron chi connectivity index (χ4n) is 2.04. The van der Waals surface area contributed by atoms with E-state index in [0.29, 0.717) is 5.75 Å². The van der Waals surface area contributed by atoms with E-state index >= 15 is 0 Å². The topological polar surface area (TPSA) is 17.1 Å². The van der Waals surface area contributed by atoms with Gasteiger partial charge < -0.3 is 0 Å². The molecule has 0 N–H and O–H groups in total. The minimum absolute atomic E-state index is 0.0682. The number of ketones is 1. The van der Waals surface area contributed by atoms with E-state index < -0.39 is 0 Å². The van der Waals surface area contributed by atoms with Crippen LogP contribution in [0.3, 0.4) is 0 Å². The number of hydrogen-bond donors (Lipinski definition) is 0. The SMILES string of the molecule is O=C1C(=Cc2ccc(F)cc2)CSc2ccccc21. The number of carbonyl (C=O) groups excluding carboxylic acids is 1. The number of halogens is 1. The second-order valence-electron chi connectivity index (χ2n) is 4.34. The van der Waals surface area contributed by atoms with Gasteiger partial charge in [-0.2, -0.15) is 0 Å². The van der Waals surface area contributed by atoms with Crippen molar-refractivity contribution in [2.24, 2.45) is 0 Å². The van der Waals surface area contributed by atoms with Crippen molar-refractivity contribution in [3.05, 3.63) is 71.0 Å². The van der Waals surface area contributed by atoms with Crippen LogP contribution in [0.15, 0.2) is 59.0 Å². The lowest BCUT2D eigenvalue weighted by Gasteiger charge is -2.16. The van der Waals surface area contributed by atoms with Gasteiger partial charge in [-0.1, -0.05) is 24.3 Å². The quantitative estimate of drug-likeness (QED) is 0.722. The van der Waals surface area contributed by atoms with Gasteiger partial charge in [-0.25, -0.2) is 4.39 Å². The van der Waals surface area contributed by atoms with Gasteiger partial charge in [0.2, 0.25) is 0 Å². The first-order chi connectivity index (χ1) is 9.24. The van der Waals surface area contributed by atoms with Crippen LogP contribution < -0.4 is 0 Å². The fourth-order valence-corrected chi connectivity index (χ4v) is 3.06. The summed E-state index contributed by atoms with van der Waals surface area (Å²) in [6.07, 6.45) is 1.84. The van der Waals surface area contributed by atoms with Crippen molar-refractivity contribution in [2.45, 2.75) is 4.90 Å².